The van der Waals surface area contributed by atoms with Crippen molar-refractivity contribution < 1.29 is 0 Å². The molecule has 0 aliphatic heterocycles. The monoisotopic (exact) mass is 181 g/mol. The van der Waals surface area contributed by atoms with Crippen molar-refractivity contribution in [3.63, 3.8) is 0 Å². The number of rotatable bonds is 4. The fraction of sp³-hybridized carbons (Fsp3) is 0.700. The Hall–Kier alpha value is -0.830. The van der Waals surface area contributed by atoms with E-state index in [1.54, 1.807) is 0 Å². The van der Waals surface area contributed by atoms with Crippen LogP contribution in [0, 0.1) is 0 Å². The first-order valence-corrected chi connectivity index (χ1v) is 4.80. The fourth-order valence-corrected chi connectivity index (χ4v) is 1.21. The van der Waals surface area contributed by atoms with Gasteiger partial charge in [0.05, 0.1) is 6.20 Å². The van der Waals surface area contributed by atoms with Crippen LogP contribution in [0.2, 0.25) is 0 Å². The van der Waals surface area contributed by atoms with Crippen molar-refractivity contribution in [3.05, 3.63) is 18.0 Å². The highest BCUT2D eigenvalue weighted by Gasteiger charge is 2.15. The lowest BCUT2D eigenvalue weighted by atomic mass is 9.93. The standard InChI is InChI=1S/C10H19N3/c1-4-10(2,11)6-5-9-7-12-13(3)8-9/h7-8H,4-6,11H2,1-3H3. The molecule has 1 aromatic rings. The van der Waals surface area contributed by atoms with Crippen molar-refractivity contribution in [2.24, 2.45) is 12.8 Å². The summed E-state index contributed by atoms with van der Waals surface area (Å²) in [4.78, 5) is 0. The third-order valence-electron chi connectivity index (χ3n) is 2.55. The van der Waals surface area contributed by atoms with Gasteiger partial charge >= 0.3 is 0 Å². The highest BCUT2D eigenvalue weighted by molar-refractivity contribution is 5.04. The fourth-order valence-electron chi connectivity index (χ4n) is 1.21. The molecule has 1 atom stereocenters. The molecule has 0 spiro atoms. The lowest BCUT2D eigenvalue weighted by molar-refractivity contribution is 0.418. The third kappa shape index (κ3) is 3.19. The summed E-state index contributed by atoms with van der Waals surface area (Å²) < 4.78 is 1.83. The first-order valence-electron chi connectivity index (χ1n) is 4.80. The zero-order chi connectivity index (χ0) is 9.90. The summed E-state index contributed by atoms with van der Waals surface area (Å²) in [5.74, 6) is 0. The van der Waals surface area contributed by atoms with Crippen LogP contribution in [0.25, 0.3) is 0 Å². The van der Waals surface area contributed by atoms with Crippen molar-refractivity contribution in [3.8, 4) is 0 Å². The van der Waals surface area contributed by atoms with Crippen LogP contribution in [0.5, 0.6) is 0 Å². The molecule has 3 nitrogen and oxygen atoms in total. The van der Waals surface area contributed by atoms with Crippen LogP contribution in [-0.4, -0.2) is 15.3 Å². The first kappa shape index (κ1) is 10.3. The topological polar surface area (TPSA) is 43.8 Å². The second-order valence-corrected chi connectivity index (χ2v) is 4.03. The zero-order valence-electron chi connectivity index (χ0n) is 8.75. The number of nitrogens with zero attached hydrogens (tertiary/aromatic N) is 2. The van der Waals surface area contributed by atoms with Gasteiger partial charge in [0.25, 0.3) is 0 Å². The predicted molar refractivity (Wildman–Crippen MR) is 54.4 cm³/mol. The van der Waals surface area contributed by atoms with E-state index >= 15 is 0 Å². The largest absolute Gasteiger partial charge is 0.325 e. The van der Waals surface area contributed by atoms with Gasteiger partial charge in [0.2, 0.25) is 0 Å². The molecule has 74 valence electrons. The number of hydrogen-bond donors (Lipinski definition) is 1. The second kappa shape index (κ2) is 3.92. The molecule has 0 aliphatic rings. The van der Waals surface area contributed by atoms with Gasteiger partial charge in [-0.25, -0.2) is 0 Å². The van der Waals surface area contributed by atoms with Gasteiger partial charge in [-0.05, 0) is 31.7 Å². The van der Waals surface area contributed by atoms with Crippen LogP contribution < -0.4 is 5.73 Å². The summed E-state index contributed by atoms with van der Waals surface area (Å²) in [6.07, 6.45) is 7.02. The minimum absolute atomic E-state index is 0.0319. The van der Waals surface area contributed by atoms with Gasteiger partial charge in [0, 0.05) is 18.8 Å². The van der Waals surface area contributed by atoms with Crippen LogP contribution in [-0.2, 0) is 13.5 Å². The molecule has 0 radical (unpaired) electrons. The molecule has 1 heterocycles. The minimum atomic E-state index is -0.0319. The SMILES string of the molecule is CCC(C)(N)CCc1cnn(C)c1. The first-order chi connectivity index (χ1) is 6.03. The average Bonchev–Trinajstić information content (AvgIpc) is 2.48. The van der Waals surface area contributed by atoms with Crippen LogP contribution in [0.4, 0.5) is 0 Å². The van der Waals surface area contributed by atoms with E-state index in [0.29, 0.717) is 0 Å². The molecular weight excluding hydrogens is 162 g/mol. The van der Waals surface area contributed by atoms with E-state index in [1.807, 2.05) is 24.1 Å². The molecule has 0 amide bonds. The average molecular weight is 181 g/mol. The summed E-state index contributed by atoms with van der Waals surface area (Å²) in [5, 5.41) is 4.12. The Kier molecular flexibility index (Phi) is 3.09. The van der Waals surface area contributed by atoms with Crippen molar-refractivity contribution in [1.29, 1.82) is 0 Å². The Bertz CT molecular complexity index is 263. The predicted octanol–water partition coefficient (Wildman–Crippen LogP) is 1.48. The molecule has 0 fully saturated rings. The van der Waals surface area contributed by atoms with Crippen LogP contribution in [0.15, 0.2) is 12.4 Å². The molecular formula is C10H19N3. The molecule has 0 bridgehead atoms. The normalized spacial score (nSPS) is 15.7. The van der Waals surface area contributed by atoms with Gasteiger partial charge in [-0.3, -0.25) is 4.68 Å². The molecule has 0 aromatic carbocycles. The quantitative estimate of drug-likeness (QED) is 0.764. The molecule has 0 saturated heterocycles. The summed E-state index contributed by atoms with van der Waals surface area (Å²) in [6, 6.07) is 0. The van der Waals surface area contributed by atoms with Gasteiger partial charge in [-0.15, -0.1) is 0 Å². The summed E-state index contributed by atoms with van der Waals surface area (Å²) in [5.41, 5.74) is 7.28. The van der Waals surface area contributed by atoms with Crippen molar-refractivity contribution >= 4 is 0 Å². The lowest BCUT2D eigenvalue weighted by Crippen LogP contribution is -2.35. The van der Waals surface area contributed by atoms with E-state index in [0.717, 1.165) is 19.3 Å². The third-order valence-corrected chi connectivity index (χ3v) is 2.55. The van der Waals surface area contributed by atoms with Crippen LogP contribution in [0.1, 0.15) is 32.3 Å². The summed E-state index contributed by atoms with van der Waals surface area (Å²) >= 11 is 0. The highest BCUT2D eigenvalue weighted by atomic mass is 15.2. The van der Waals surface area contributed by atoms with E-state index in [4.69, 9.17) is 5.73 Å². The van der Waals surface area contributed by atoms with Crippen LogP contribution in [0.3, 0.4) is 0 Å². The second-order valence-electron chi connectivity index (χ2n) is 4.03. The number of aromatic nitrogens is 2. The van der Waals surface area contributed by atoms with E-state index < -0.39 is 0 Å². The van der Waals surface area contributed by atoms with Crippen molar-refractivity contribution in [1.82, 2.24) is 9.78 Å². The maximum absolute atomic E-state index is 6.04. The zero-order valence-corrected chi connectivity index (χ0v) is 8.75. The molecule has 1 rings (SSSR count). The summed E-state index contributed by atoms with van der Waals surface area (Å²) in [6.45, 7) is 4.23. The molecule has 13 heavy (non-hydrogen) atoms. The minimum Gasteiger partial charge on any atom is -0.325 e. The molecule has 0 aliphatic carbocycles. The lowest BCUT2D eigenvalue weighted by Gasteiger charge is -2.21. The van der Waals surface area contributed by atoms with Crippen LogP contribution >= 0.6 is 0 Å². The van der Waals surface area contributed by atoms with E-state index in [1.165, 1.54) is 5.56 Å². The van der Waals surface area contributed by atoms with Crippen molar-refractivity contribution in [2.75, 3.05) is 0 Å². The number of hydrogen-bond acceptors (Lipinski definition) is 2. The molecule has 2 N–H and O–H groups in total. The maximum Gasteiger partial charge on any atom is 0.0521 e. The van der Waals surface area contributed by atoms with E-state index in [-0.39, 0.29) is 5.54 Å². The Morgan fingerprint density at radius 2 is 2.31 bits per heavy atom. The van der Waals surface area contributed by atoms with Gasteiger partial charge in [0.15, 0.2) is 0 Å². The Morgan fingerprint density at radius 3 is 2.77 bits per heavy atom. The Morgan fingerprint density at radius 1 is 1.62 bits per heavy atom. The van der Waals surface area contributed by atoms with Gasteiger partial charge in [-0.1, -0.05) is 6.92 Å². The van der Waals surface area contributed by atoms with E-state index in [9.17, 15) is 0 Å². The van der Waals surface area contributed by atoms with Gasteiger partial charge in [-0.2, -0.15) is 5.10 Å². The Labute approximate surface area is 79.9 Å². The number of nitrogens with two attached hydrogens (primary N) is 1. The smallest absolute Gasteiger partial charge is 0.0521 e. The highest BCUT2D eigenvalue weighted by Crippen LogP contribution is 2.13. The summed E-state index contributed by atoms with van der Waals surface area (Å²) in [7, 11) is 1.94. The van der Waals surface area contributed by atoms with E-state index in [2.05, 4.69) is 18.9 Å². The van der Waals surface area contributed by atoms with Crippen molar-refractivity contribution in [2.45, 2.75) is 38.6 Å². The molecule has 1 unspecified atom stereocenters. The molecule has 1 aromatic heterocycles. The molecule has 0 saturated carbocycles. The Balaban J connectivity index is 2.43. The maximum atomic E-state index is 6.04. The van der Waals surface area contributed by atoms with Gasteiger partial charge < -0.3 is 5.73 Å². The number of aryl methyl sites for hydroxylation is 2. The molecule has 3 heteroatoms. The van der Waals surface area contributed by atoms with Gasteiger partial charge in [0.1, 0.15) is 0 Å².